The van der Waals surface area contributed by atoms with Gasteiger partial charge in [-0.1, -0.05) is 12.1 Å². The van der Waals surface area contributed by atoms with Crippen LogP contribution in [0.4, 0.5) is 0 Å². The van der Waals surface area contributed by atoms with Crippen LogP contribution in [-0.2, 0) is 17.6 Å². The average molecular weight is 283 g/mol. The Morgan fingerprint density at radius 1 is 0.952 bits per heavy atom. The Hall–Kier alpha value is -2.23. The minimum Gasteiger partial charge on any atom is -0.356 e. The predicted molar refractivity (Wildman–Crippen MR) is 82.7 cm³/mol. The summed E-state index contributed by atoms with van der Waals surface area (Å²) in [7, 11) is 0. The van der Waals surface area contributed by atoms with Crippen LogP contribution in [0.15, 0.2) is 49.1 Å². The lowest BCUT2D eigenvalue weighted by Gasteiger charge is -2.05. The van der Waals surface area contributed by atoms with Gasteiger partial charge >= 0.3 is 0 Å². The third-order valence-corrected chi connectivity index (χ3v) is 3.28. The van der Waals surface area contributed by atoms with Gasteiger partial charge in [-0.3, -0.25) is 14.8 Å². The lowest BCUT2D eigenvalue weighted by Crippen LogP contribution is -2.24. The number of rotatable bonds is 8. The molecule has 4 nitrogen and oxygen atoms in total. The maximum absolute atomic E-state index is 11.7. The first-order valence-corrected chi connectivity index (χ1v) is 7.39. The van der Waals surface area contributed by atoms with Crippen molar-refractivity contribution >= 4 is 5.91 Å². The van der Waals surface area contributed by atoms with E-state index >= 15 is 0 Å². The molecule has 0 radical (unpaired) electrons. The first-order chi connectivity index (χ1) is 10.3. The first kappa shape index (κ1) is 15.2. The number of pyridine rings is 2. The molecule has 0 aromatic carbocycles. The molecule has 1 amide bonds. The first-order valence-electron chi connectivity index (χ1n) is 7.39. The number of hydrogen-bond acceptors (Lipinski definition) is 3. The third-order valence-electron chi connectivity index (χ3n) is 3.28. The van der Waals surface area contributed by atoms with Crippen LogP contribution >= 0.6 is 0 Å². The second-order valence-electron chi connectivity index (χ2n) is 5.03. The van der Waals surface area contributed by atoms with Gasteiger partial charge in [0.15, 0.2) is 0 Å². The van der Waals surface area contributed by atoms with Gasteiger partial charge in [-0.25, -0.2) is 0 Å². The van der Waals surface area contributed by atoms with Crippen LogP contribution in [0, 0.1) is 0 Å². The fourth-order valence-corrected chi connectivity index (χ4v) is 2.15. The van der Waals surface area contributed by atoms with Crippen molar-refractivity contribution in [2.45, 2.75) is 32.1 Å². The Bertz CT molecular complexity index is 528. The predicted octanol–water partition coefficient (Wildman–Crippen LogP) is 2.55. The van der Waals surface area contributed by atoms with E-state index < -0.39 is 0 Å². The van der Waals surface area contributed by atoms with Crippen molar-refractivity contribution in [1.82, 2.24) is 15.3 Å². The maximum atomic E-state index is 11.7. The zero-order valence-electron chi connectivity index (χ0n) is 12.2. The van der Waals surface area contributed by atoms with Crippen molar-refractivity contribution in [2.24, 2.45) is 0 Å². The van der Waals surface area contributed by atoms with Crippen LogP contribution in [0.5, 0.6) is 0 Å². The van der Waals surface area contributed by atoms with E-state index in [0.717, 1.165) is 32.2 Å². The summed E-state index contributed by atoms with van der Waals surface area (Å²) in [5.41, 5.74) is 2.39. The van der Waals surface area contributed by atoms with E-state index in [1.54, 1.807) is 12.4 Å². The molecular formula is C17H21N3O. The molecule has 0 aliphatic rings. The fourth-order valence-electron chi connectivity index (χ4n) is 2.15. The van der Waals surface area contributed by atoms with E-state index in [9.17, 15) is 4.79 Å². The summed E-state index contributed by atoms with van der Waals surface area (Å²) in [6.45, 7) is 0.723. The highest BCUT2D eigenvalue weighted by Crippen LogP contribution is 2.03. The Morgan fingerprint density at radius 2 is 1.57 bits per heavy atom. The van der Waals surface area contributed by atoms with Gasteiger partial charge in [-0.2, -0.15) is 0 Å². The van der Waals surface area contributed by atoms with E-state index in [-0.39, 0.29) is 5.91 Å². The molecule has 21 heavy (non-hydrogen) atoms. The Kier molecular flexibility index (Phi) is 6.39. The second kappa shape index (κ2) is 8.84. The van der Waals surface area contributed by atoms with Crippen LogP contribution in [0.25, 0.3) is 0 Å². The summed E-state index contributed by atoms with van der Waals surface area (Å²) in [5.74, 6) is 0.130. The molecule has 1 N–H and O–H groups in total. The van der Waals surface area contributed by atoms with Gasteiger partial charge in [0.25, 0.3) is 0 Å². The minimum absolute atomic E-state index is 0.130. The highest BCUT2D eigenvalue weighted by molar-refractivity contribution is 5.75. The van der Waals surface area contributed by atoms with Crippen molar-refractivity contribution in [3.05, 3.63) is 60.2 Å². The highest BCUT2D eigenvalue weighted by atomic mass is 16.1. The maximum Gasteiger partial charge on any atom is 0.220 e. The van der Waals surface area contributed by atoms with Gasteiger partial charge in [0, 0.05) is 37.8 Å². The van der Waals surface area contributed by atoms with Crippen molar-refractivity contribution in [2.75, 3.05) is 6.54 Å². The lowest BCUT2D eigenvalue weighted by molar-refractivity contribution is -0.121. The lowest BCUT2D eigenvalue weighted by atomic mass is 10.1. The Morgan fingerprint density at radius 3 is 2.14 bits per heavy atom. The SMILES string of the molecule is O=C(CCCc1cccnc1)NCCCc1cccnc1. The number of amides is 1. The summed E-state index contributed by atoms with van der Waals surface area (Å²) in [6.07, 6.45) is 11.5. The molecule has 0 bridgehead atoms. The molecular weight excluding hydrogens is 262 g/mol. The van der Waals surface area contributed by atoms with Gasteiger partial charge < -0.3 is 5.32 Å². The molecule has 4 heteroatoms. The molecule has 2 heterocycles. The summed E-state index contributed by atoms with van der Waals surface area (Å²) in [4.78, 5) is 19.8. The zero-order chi connectivity index (χ0) is 14.8. The third kappa shape index (κ3) is 6.17. The van der Waals surface area contributed by atoms with Gasteiger partial charge in [-0.15, -0.1) is 0 Å². The van der Waals surface area contributed by atoms with E-state index in [1.165, 1.54) is 11.1 Å². The van der Waals surface area contributed by atoms with Gasteiger partial charge in [0.2, 0.25) is 5.91 Å². The van der Waals surface area contributed by atoms with Crippen molar-refractivity contribution in [3.8, 4) is 0 Å². The van der Waals surface area contributed by atoms with Crippen molar-refractivity contribution < 1.29 is 4.79 Å². The molecule has 2 rings (SSSR count). The molecule has 2 aromatic heterocycles. The van der Waals surface area contributed by atoms with Crippen LogP contribution in [0.2, 0.25) is 0 Å². The Labute approximate surface area is 125 Å². The van der Waals surface area contributed by atoms with Gasteiger partial charge in [0.1, 0.15) is 0 Å². The van der Waals surface area contributed by atoms with Gasteiger partial charge in [-0.05, 0) is 48.9 Å². The van der Waals surface area contributed by atoms with Crippen molar-refractivity contribution in [1.29, 1.82) is 0 Å². The van der Waals surface area contributed by atoms with E-state index in [4.69, 9.17) is 0 Å². The molecule has 0 aliphatic carbocycles. The number of nitrogens with one attached hydrogen (secondary N) is 1. The molecule has 0 saturated carbocycles. The second-order valence-corrected chi connectivity index (χ2v) is 5.03. The molecule has 0 fully saturated rings. The topological polar surface area (TPSA) is 54.9 Å². The summed E-state index contributed by atoms with van der Waals surface area (Å²) >= 11 is 0. The monoisotopic (exact) mass is 283 g/mol. The number of nitrogens with zero attached hydrogens (tertiary/aromatic N) is 2. The fraction of sp³-hybridized carbons (Fsp3) is 0.353. The normalized spacial score (nSPS) is 10.3. The quantitative estimate of drug-likeness (QED) is 0.757. The molecule has 0 atom stereocenters. The van der Waals surface area contributed by atoms with E-state index in [2.05, 4.69) is 21.4 Å². The summed E-state index contributed by atoms with van der Waals surface area (Å²) in [6, 6.07) is 7.96. The van der Waals surface area contributed by atoms with Crippen LogP contribution in [-0.4, -0.2) is 22.4 Å². The molecule has 0 saturated heterocycles. The molecule has 110 valence electrons. The smallest absolute Gasteiger partial charge is 0.220 e. The number of carbonyl (C=O) groups excluding carboxylic acids is 1. The molecule has 0 unspecified atom stereocenters. The largest absolute Gasteiger partial charge is 0.356 e. The van der Waals surface area contributed by atoms with Crippen LogP contribution < -0.4 is 5.32 Å². The van der Waals surface area contributed by atoms with Crippen LogP contribution in [0.3, 0.4) is 0 Å². The van der Waals surface area contributed by atoms with E-state index in [1.807, 2.05) is 30.6 Å². The average Bonchev–Trinajstić information content (AvgIpc) is 2.54. The zero-order valence-corrected chi connectivity index (χ0v) is 12.2. The Balaban J connectivity index is 1.54. The van der Waals surface area contributed by atoms with Gasteiger partial charge in [0.05, 0.1) is 0 Å². The number of aryl methyl sites for hydroxylation is 2. The number of carbonyl (C=O) groups is 1. The van der Waals surface area contributed by atoms with Crippen molar-refractivity contribution in [3.63, 3.8) is 0 Å². The van der Waals surface area contributed by atoms with Crippen LogP contribution in [0.1, 0.15) is 30.4 Å². The van der Waals surface area contributed by atoms with E-state index in [0.29, 0.717) is 6.42 Å². The molecule has 0 aliphatic heterocycles. The minimum atomic E-state index is 0.130. The standard InChI is InChI=1S/C17H21N3O/c21-17(9-1-5-15-6-2-10-18-13-15)20-12-4-8-16-7-3-11-19-14-16/h2-3,6-7,10-11,13-14H,1,4-5,8-9,12H2,(H,20,21). The molecule has 2 aromatic rings. The molecule has 0 spiro atoms. The summed E-state index contributed by atoms with van der Waals surface area (Å²) in [5, 5.41) is 2.96. The number of hydrogen-bond donors (Lipinski definition) is 1. The number of aromatic nitrogens is 2. The summed E-state index contributed by atoms with van der Waals surface area (Å²) < 4.78 is 0. The highest BCUT2D eigenvalue weighted by Gasteiger charge is 2.01.